The van der Waals surface area contributed by atoms with Crippen molar-refractivity contribution in [3.8, 4) is 0 Å². The zero-order chi connectivity index (χ0) is 14.2. The van der Waals surface area contributed by atoms with Gasteiger partial charge < -0.3 is 9.64 Å². The van der Waals surface area contributed by atoms with Gasteiger partial charge in [0.05, 0.1) is 23.2 Å². The maximum absolute atomic E-state index is 12.2. The molecule has 3 rings (SSSR count). The molecule has 0 amide bonds. The Hall–Kier alpha value is -1.40. The maximum Gasteiger partial charge on any atom is 0.310 e. The average Bonchev–Trinajstić information content (AvgIpc) is 3.00. The van der Waals surface area contributed by atoms with Crippen molar-refractivity contribution in [2.45, 2.75) is 4.90 Å². The van der Waals surface area contributed by atoms with E-state index in [0.29, 0.717) is 24.6 Å². The topological polar surface area (TPSA) is 63.7 Å². The maximum atomic E-state index is 12.2. The Kier molecular flexibility index (Phi) is 3.52. The number of likely N-dealkylation sites (tertiary alicyclic amines) is 1. The Morgan fingerprint density at radius 1 is 1.20 bits per heavy atom. The molecule has 6 heteroatoms. The highest BCUT2D eigenvalue weighted by molar-refractivity contribution is 7.91. The van der Waals surface area contributed by atoms with Gasteiger partial charge in [0.25, 0.3) is 0 Å². The highest BCUT2D eigenvalue weighted by atomic mass is 32.2. The van der Waals surface area contributed by atoms with Crippen LogP contribution in [0, 0.1) is 11.8 Å². The van der Waals surface area contributed by atoms with Crippen LogP contribution in [0.4, 0.5) is 0 Å². The van der Waals surface area contributed by atoms with E-state index in [-0.39, 0.29) is 23.6 Å². The van der Waals surface area contributed by atoms with Crippen LogP contribution in [0.3, 0.4) is 0 Å². The molecule has 2 aliphatic heterocycles. The summed E-state index contributed by atoms with van der Waals surface area (Å²) in [5, 5.41) is 0. The van der Waals surface area contributed by atoms with Crippen molar-refractivity contribution in [3.63, 3.8) is 0 Å². The van der Waals surface area contributed by atoms with Crippen LogP contribution in [-0.2, 0) is 19.4 Å². The molecule has 2 aliphatic rings. The Morgan fingerprint density at radius 2 is 1.95 bits per heavy atom. The SMILES string of the molecule is O=C1OC[C@H]2CN(CCS(=O)(=O)c3ccccc3)C[C@@H]12. The summed E-state index contributed by atoms with van der Waals surface area (Å²) in [6.07, 6.45) is 0. The molecular weight excluding hydrogens is 278 g/mol. The molecule has 0 unspecified atom stereocenters. The molecule has 0 radical (unpaired) electrons. The number of fused-ring (bicyclic) bond motifs is 1. The van der Waals surface area contributed by atoms with Gasteiger partial charge in [-0.05, 0) is 12.1 Å². The van der Waals surface area contributed by atoms with Crippen molar-refractivity contribution in [3.05, 3.63) is 30.3 Å². The third-order valence-corrected chi connectivity index (χ3v) is 5.75. The van der Waals surface area contributed by atoms with E-state index in [2.05, 4.69) is 4.90 Å². The average molecular weight is 295 g/mol. The Labute approximate surface area is 118 Å². The minimum atomic E-state index is -3.24. The lowest BCUT2D eigenvalue weighted by Crippen LogP contribution is -2.29. The highest BCUT2D eigenvalue weighted by Gasteiger charge is 2.43. The van der Waals surface area contributed by atoms with Crippen LogP contribution < -0.4 is 0 Å². The van der Waals surface area contributed by atoms with Crippen molar-refractivity contribution in [2.24, 2.45) is 11.8 Å². The van der Waals surface area contributed by atoms with E-state index in [1.54, 1.807) is 30.3 Å². The van der Waals surface area contributed by atoms with Gasteiger partial charge in [0.2, 0.25) is 0 Å². The van der Waals surface area contributed by atoms with Gasteiger partial charge in [0.15, 0.2) is 9.84 Å². The minimum Gasteiger partial charge on any atom is -0.465 e. The van der Waals surface area contributed by atoms with Gasteiger partial charge >= 0.3 is 5.97 Å². The van der Waals surface area contributed by atoms with Gasteiger partial charge in [0, 0.05) is 25.6 Å². The van der Waals surface area contributed by atoms with Gasteiger partial charge in [-0.3, -0.25) is 4.79 Å². The molecule has 2 saturated heterocycles. The lowest BCUT2D eigenvalue weighted by Gasteiger charge is -2.16. The molecule has 0 aliphatic carbocycles. The number of hydrogen-bond acceptors (Lipinski definition) is 5. The summed E-state index contributed by atoms with van der Waals surface area (Å²) in [7, 11) is -3.24. The summed E-state index contributed by atoms with van der Waals surface area (Å²) < 4.78 is 29.4. The first kappa shape index (κ1) is 13.6. The molecule has 0 saturated carbocycles. The van der Waals surface area contributed by atoms with Gasteiger partial charge in [-0.2, -0.15) is 0 Å². The van der Waals surface area contributed by atoms with Crippen molar-refractivity contribution in [2.75, 3.05) is 32.0 Å². The van der Waals surface area contributed by atoms with Crippen molar-refractivity contribution in [1.82, 2.24) is 4.90 Å². The number of carbonyl (C=O) groups is 1. The Bertz CT molecular complexity index is 599. The molecule has 20 heavy (non-hydrogen) atoms. The molecule has 2 atom stereocenters. The summed E-state index contributed by atoms with van der Waals surface area (Å²) in [6, 6.07) is 8.48. The first-order valence-corrected chi connectivity index (χ1v) is 8.38. The second-order valence-electron chi connectivity index (χ2n) is 5.39. The lowest BCUT2D eigenvalue weighted by molar-refractivity contribution is -0.141. The lowest BCUT2D eigenvalue weighted by atomic mass is 10.0. The van der Waals surface area contributed by atoms with E-state index in [4.69, 9.17) is 4.74 Å². The van der Waals surface area contributed by atoms with E-state index < -0.39 is 9.84 Å². The molecule has 5 nitrogen and oxygen atoms in total. The number of sulfone groups is 1. The monoisotopic (exact) mass is 295 g/mol. The Balaban J connectivity index is 1.60. The van der Waals surface area contributed by atoms with E-state index in [1.807, 2.05) is 0 Å². The number of hydrogen-bond donors (Lipinski definition) is 0. The van der Waals surface area contributed by atoms with Crippen LogP contribution in [0.25, 0.3) is 0 Å². The zero-order valence-corrected chi connectivity index (χ0v) is 11.9. The molecule has 1 aromatic carbocycles. The van der Waals surface area contributed by atoms with Crippen LogP contribution in [-0.4, -0.2) is 51.3 Å². The number of ether oxygens (including phenoxy) is 1. The first-order chi connectivity index (χ1) is 9.56. The molecule has 0 N–H and O–H groups in total. The van der Waals surface area contributed by atoms with Crippen molar-refractivity contribution < 1.29 is 17.9 Å². The summed E-state index contributed by atoms with van der Waals surface area (Å²) in [5.74, 6) is 0.130. The third kappa shape index (κ3) is 2.58. The fourth-order valence-electron chi connectivity index (χ4n) is 2.87. The molecule has 1 aromatic rings. The number of cyclic esters (lactones) is 1. The van der Waals surface area contributed by atoms with Crippen LogP contribution in [0.5, 0.6) is 0 Å². The minimum absolute atomic E-state index is 0.0607. The highest BCUT2D eigenvalue weighted by Crippen LogP contribution is 2.30. The fourth-order valence-corrected chi connectivity index (χ4v) is 4.18. The number of esters is 1. The van der Waals surface area contributed by atoms with E-state index in [0.717, 1.165) is 6.54 Å². The van der Waals surface area contributed by atoms with Crippen LogP contribution >= 0.6 is 0 Å². The first-order valence-electron chi connectivity index (χ1n) is 6.73. The number of nitrogens with zero attached hydrogens (tertiary/aromatic N) is 1. The summed E-state index contributed by atoms with van der Waals surface area (Å²) >= 11 is 0. The normalized spacial score (nSPS) is 26.5. The predicted octanol–water partition coefficient (Wildman–Crippen LogP) is 0.565. The summed E-state index contributed by atoms with van der Waals surface area (Å²) in [4.78, 5) is 13.9. The Morgan fingerprint density at radius 3 is 2.65 bits per heavy atom. The van der Waals surface area contributed by atoms with Crippen LogP contribution in [0.15, 0.2) is 35.2 Å². The summed E-state index contributed by atoms with van der Waals surface area (Å²) in [6.45, 7) is 2.32. The van der Waals surface area contributed by atoms with Crippen molar-refractivity contribution >= 4 is 15.8 Å². The quantitative estimate of drug-likeness (QED) is 0.760. The standard InChI is InChI=1S/C14H17NO4S/c16-14-13-9-15(8-11(13)10-19-14)6-7-20(17,18)12-4-2-1-3-5-12/h1-5,11,13H,6-10H2/t11-,13-/m1/s1. The number of benzene rings is 1. The van der Waals surface area contributed by atoms with E-state index in [9.17, 15) is 13.2 Å². The predicted molar refractivity (Wildman–Crippen MR) is 72.9 cm³/mol. The van der Waals surface area contributed by atoms with E-state index >= 15 is 0 Å². The van der Waals surface area contributed by atoms with Crippen LogP contribution in [0.1, 0.15) is 0 Å². The van der Waals surface area contributed by atoms with E-state index in [1.165, 1.54) is 0 Å². The smallest absolute Gasteiger partial charge is 0.310 e. The summed E-state index contributed by atoms with van der Waals surface area (Å²) in [5.41, 5.74) is 0. The molecule has 0 spiro atoms. The molecular formula is C14H17NO4S. The largest absolute Gasteiger partial charge is 0.465 e. The van der Waals surface area contributed by atoms with Gasteiger partial charge in [-0.25, -0.2) is 8.42 Å². The molecule has 0 bridgehead atoms. The number of carbonyl (C=O) groups excluding carboxylic acids is 1. The van der Waals surface area contributed by atoms with Gasteiger partial charge in [-0.15, -0.1) is 0 Å². The third-order valence-electron chi connectivity index (χ3n) is 4.04. The van der Waals surface area contributed by atoms with Gasteiger partial charge in [0.1, 0.15) is 0 Å². The van der Waals surface area contributed by atoms with Gasteiger partial charge in [-0.1, -0.05) is 18.2 Å². The molecule has 2 fully saturated rings. The molecule has 108 valence electrons. The zero-order valence-electron chi connectivity index (χ0n) is 11.1. The molecule has 2 heterocycles. The van der Waals surface area contributed by atoms with Crippen molar-refractivity contribution in [1.29, 1.82) is 0 Å². The second-order valence-corrected chi connectivity index (χ2v) is 7.50. The van der Waals surface area contributed by atoms with Crippen LogP contribution in [0.2, 0.25) is 0 Å². The molecule has 0 aromatic heterocycles. The second kappa shape index (κ2) is 5.18. The fraction of sp³-hybridized carbons (Fsp3) is 0.500. The number of rotatable bonds is 4.